The lowest BCUT2D eigenvalue weighted by Gasteiger charge is -2.37. The van der Waals surface area contributed by atoms with Crippen molar-refractivity contribution in [2.45, 2.75) is 79.8 Å². The number of nitrogens with two attached hydrogens (primary N) is 1. The van der Waals surface area contributed by atoms with Gasteiger partial charge in [0.2, 0.25) is 0 Å². The van der Waals surface area contributed by atoms with Crippen LogP contribution in [0.4, 0.5) is 5.69 Å². The fourth-order valence-corrected chi connectivity index (χ4v) is 5.10. The molecule has 0 fully saturated rings. The molecule has 2 heteroatoms. The van der Waals surface area contributed by atoms with Gasteiger partial charge >= 0.3 is 0 Å². The molecule has 2 unspecified atom stereocenters. The van der Waals surface area contributed by atoms with Gasteiger partial charge in [-0.25, -0.2) is 0 Å². The Kier molecular flexibility index (Phi) is 10.7. The molecule has 2 nitrogen and oxygen atoms in total. The summed E-state index contributed by atoms with van der Waals surface area (Å²) in [6.07, 6.45) is 21.8. The highest BCUT2D eigenvalue weighted by molar-refractivity contribution is 5.81. The Morgan fingerprint density at radius 1 is 1.11 bits per heavy atom. The first-order valence-corrected chi connectivity index (χ1v) is 13.1. The third-order valence-electron chi connectivity index (χ3n) is 7.17. The zero-order chi connectivity index (χ0) is 27.0. The van der Waals surface area contributed by atoms with E-state index in [1.807, 2.05) is 19.1 Å². The highest BCUT2D eigenvalue weighted by Gasteiger charge is 2.29. The van der Waals surface area contributed by atoms with Crippen molar-refractivity contribution in [2.75, 3.05) is 4.90 Å². The largest absolute Gasteiger partial charge is 0.337 e. The summed E-state index contributed by atoms with van der Waals surface area (Å²) in [5, 5.41) is 0. The van der Waals surface area contributed by atoms with E-state index >= 15 is 0 Å². The first-order chi connectivity index (χ1) is 17.1. The van der Waals surface area contributed by atoms with Crippen LogP contribution in [0, 0.1) is 20.8 Å². The summed E-state index contributed by atoms with van der Waals surface area (Å²) in [5.74, 6) is 0. The van der Waals surface area contributed by atoms with Gasteiger partial charge in [0.1, 0.15) is 0 Å². The molecule has 0 aromatic heterocycles. The van der Waals surface area contributed by atoms with Gasteiger partial charge in [-0.2, -0.15) is 0 Å². The van der Waals surface area contributed by atoms with E-state index in [4.69, 9.17) is 5.73 Å². The molecule has 0 spiro atoms. The van der Waals surface area contributed by atoms with Gasteiger partial charge in [-0.3, -0.25) is 0 Å². The molecule has 0 bridgehead atoms. The summed E-state index contributed by atoms with van der Waals surface area (Å²) in [6.45, 7) is 27.9. The van der Waals surface area contributed by atoms with Crippen molar-refractivity contribution >= 4 is 11.3 Å². The molecule has 2 N–H and O–H groups in total. The Hall–Kier alpha value is -3.10. The van der Waals surface area contributed by atoms with Gasteiger partial charge in [-0.05, 0) is 105 Å². The first kappa shape index (κ1) is 29.1. The first-order valence-electron chi connectivity index (χ1n) is 13.1. The molecular formula is C34H46N2. The van der Waals surface area contributed by atoms with Gasteiger partial charge in [0.25, 0.3) is 0 Å². The molecule has 2 atom stereocenters. The molecular weight excluding hydrogens is 436 g/mol. The van der Waals surface area contributed by atoms with Gasteiger partial charge in [0.05, 0.1) is 6.04 Å². The van der Waals surface area contributed by atoms with Gasteiger partial charge in [-0.15, -0.1) is 0 Å². The number of rotatable bonds is 10. The zero-order valence-electron chi connectivity index (χ0n) is 23.6. The van der Waals surface area contributed by atoms with Crippen LogP contribution in [0.2, 0.25) is 0 Å². The molecule has 1 aromatic carbocycles. The maximum Gasteiger partial charge on any atom is 0.0560 e. The van der Waals surface area contributed by atoms with Crippen molar-refractivity contribution in [3.63, 3.8) is 0 Å². The second kappa shape index (κ2) is 13.3. The Bertz CT molecular complexity index is 1150. The standard InChI is InChI=1S/C34H46N2/c1-11-14-16-17-18-19-30-21-23(4)22-31(20-15-12-2)36(29(30)10)34-25(6)24(5)33(26(7)28(9)35)32(13-3)27(34)8/h11-12,14-16,18-19,21-22,28-29H,1,4,7,13,17,20,35H2,2-3,5-6,8-10H3/b15-12-,16-14-,19-18?. The monoisotopic (exact) mass is 482 g/mol. The SMILES string of the molecule is C=C/C=C\CC=CC1=CC(=C)C=C(C/C=C\C)N(c2c(C)c(C)c(C(=C)C(C)N)c(CC)c2C)C1C. The van der Waals surface area contributed by atoms with Crippen LogP contribution in [0.15, 0.2) is 91.3 Å². The predicted molar refractivity (Wildman–Crippen MR) is 162 cm³/mol. The molecule has 0 radical (unpaired) electrons. The molecule has 0 saturated heterocycles. The van der Waals surface area contributed by atoms with Crippen LogP contribution in [0.25, 0.3) is 5.57 Å². The van der Waals surface area contributed by atoms with Crippen molar-refractivity contribution in [1.82, 2.24) is 0 Å². The number of nitrogens with zero attached hydrogens (tertiary/aromatic N) is 1. The van der Waals surface area contributed by atoms with Crippen LogP contribution in [0.5, 0.6) is 0 Å². The lowest BCUT2D eigenvalue weighted by atomic mass is 9.84. The normalized spacial score (nSPS) is 17.6. The summed E-state index contributed by atoms with van der Waals surface area (Å²) in [5.41, 5.74) is 18.6. The second-order valence-electron chi connectivity index (χ2n) is 9.72. The van der Waals surface area contributed by atoms with E-state index < -0.39 is 0 Å². The fourth-order valence-electron chi connectivity index (χ4n) is 5.10. The Labute approximate surface area is 220 Å². The molecule has 192 valence electrons. The second-order valence-corrected chi connectivity index (χ2v) is 9.72. The minimum Gasteiger partial charge on any atom is -0.337 e. The van der Waals surface area contributed by atoms with E-state index in [-0.39, 0.29) is 12.1 Å². The van der Waals surface area contributed by atoms with Crippen molar-refractivity contribution in [3.05, 3.63) is 119 Å². The molecule has 36 heavy (non-hydrogen) atoms. The number of benzene rings is 1. The molecule has 1 aromatic rings. The van der Waals surface area contributed by atoms with E-state index in [1.165, 1.54) is 44.8 Å². The van der Waals surface area contributed by atoms with Gasteiger partial charge in [0, 0.05) is 23.8 Å². The van der Waals surface area contributed by atoms with E-state index in [0.717, 1.165) is 30.4 Å². The van der Waals surface area contributed by atoms with E-state index in [9.17, 15) is 0 Å². The summed E-state index contributed by atoms with van der Waals surface area (Å²) in [7, 11) is 0. The van der Waals surface area contributed by atoms with Gasteiger partial charge < -0.3 is 10.6 Å². The molecule has 1 aliphatic heterocycles. The summed E-state index contributed by atoms with van der Waals surface area (Å²) in [6, 6.07) is 0.0587. The van der Waals surface area contributed by atoms with Crippen molar-refractivity contribution in [1.29, 1.82) is 0 Å². The van der Waals surface area contributed by atoms with E-state index in [1.54, 1.807) is 0 Å². The molecule has 1 aliphatic rings. The topological polar surface area (TPSA) is 29.3 Å². The Morgan fingerprint density at radius 2 is 1.81 bits per heavy atom. The van der Waals surface area contributed by atoms with Crippen LogP contribution in [0.1, 0.15) is 68.4 Å². The fraction of sp³-hybridized carbons (Fsp3) is 0.353. The third-order valence-corrected chi connectivity index (χ3v) is 7.17. The molecule has 0 saturated carbocycles. The highest BCUT2D eigenvalue weighted by atomic mass is 15.2. The zero-order valence-corrected chi connectivity index (χ0v) is 23.6. The molecule has 0 amide bonds. The van der Waals surface area contributed by atoms with E-state index in [0.29, 0.717) is 0 Å². The predicted octanol–water partition coefficient (Wildman–Crippen LogP) is 8.76. The summed E-state index contributed by atoms with van der Waals surface area (Å²) >= 11 is 0. The van der Waals surface area contributed by atoms with Crippen LogP contribution < -0.4 is 10.6 Å². The molecule has 1 heterocycles. The van der Waals surface area contributed by atoms with Crippen LogP contribution in [0.3, 0.4) is 0 Å². The minimum atomic E-state index is -0.0842. The number of hydrogen-bond donors (Lipinski definition) is 1. The van der Waals surface area contributed by atoms with Gasteiger partial charge in [-0.1, -0.05) is 75.3 Å². The lowest BCUT2D eigenvalue weighted by molar-refractivity contribution is 0.774. The van der Waals surface area contributed by atoms with Crippen LogP contribution in [-0.4, -0.2) is 12.1 Å². The summed E-state index contributed by atoms with van der Waals surface area (Å²) in [4.78, 5) is 2.53. The Morgan fingerprint density at radius 3 is 2.39 bits per heavy atom. The van der Waals surface area contributed by atoms with Crippen molar-refractivity contribution < 1.29 is 0 Å². The smallest absolute Gasteiger partial charge is 0.0560 e. The number of hydrogen-bond acceptors (Lipinski definition) is 2. The van der Waals surface area contributed by atoms with Crippen molar-refractivity contribution in [2.24, 2.45) is 5.73 Å². The van der Waals surface area contributed by atoms with Crippen LogP contribution >= 0.6 is 0 Å². The third kappa shape index (κ3) is 6.36. The number of allylic oxidation sites excluding steroid dienone is 9. The van der Waals surface area contributed by atoms with Gasteiger partial charge in [0.15, 0.2) is 0 Å². The van der Waals surface area contributed by atoms with Crippen molar-refractivity contribution in [3.8, 4) is 0 Å². The average Bonchev–Trinajstić information content (AvgIpc) is 2.95. The quantitative estimate of drug-likeness (QED) is 0.267. The Balaban J connectivity index is 2.79. The number of anilines is 1. The average molecular weight is 483 g/mol. The maximum absolute atomic E-state index is 6.31. The molecule has 2 rings (SSSR count). The summed E-state index contributed by atoms with van der Waals surface area (Å²) < 4.78 is 0. The maximum atomic E-state index is 6.31. The van der Waals surface area contributed by atoms with Crippen LogP contribution in [-0.2, 0) is 6.42 Å². The lowest BCUT2D eigenvalue weighted by Crippen LogP contribution is -2.34. The highest BCUT2D eigenvalue weighted by Crippen LogP contribution is 2.42. The van der Waals surface area contributed by atoms with E-state index in [2.05, 4.69) is 109 Å². The molecule has 0 aliphatic carbocycles. The minimum absolute atomic E-state index is 0.0842.